The number of carbonyl (C=O) groups excluding carboxylic acids is 1. The second kappa shape index (κ2) is 10.4. The van der Waals surface area contributed by atoms with Crippen LogP contribution in [0.5, 0.6) is 0 Å². The third kappa shape index (κ3) is 7.00. The molecule has 2 fully saturated rings. The van der Waals surface area contributed by atoms with Gasteiger partial charge in [-0.15, -0.1) is 0 Å². The highest BCUT2D eigenvalue weighted by atomic mass is 32.2. The van der Waals surface area contributed by atoms with Crippen LogP contribution in [0, 0.1) is 11.8 Å². The van der Waals surface area contributed by atoms with Crippen molar-refractivity contribution < 1.29 is 26.4 Å². The third-order valence-electron chi connectivity index (χ3n) is 6.22. The molecule has 33 heavy (non-hydrogen) atoms. The van der Waals surface area contributed by atoms with E-state index < -0.39 is 25.6 Å². The molecule has 0 spiro atoms. The Labute approximate surface area is 198 Å². The fourth-order valence-corrected chi connectivity index (χ4v) is 7.15. The smallest absolute Gasteiger partial charge is 0.309 e. The number of nitrogens with one attached hydrogen (secondary N) is 1. The van der Waals surface area contributed by atoms with Gasteiger partial charge in [0.15, 0.2) is 0 Å². The zero-order valence-corrected chi connectivity index (χ0v) is 21.4. The Balaban J connectivity index is 1.58. The topological polar surface area (TPSA) is 110 Å². The van der Waals surface area contributed by atoms with E-state index in [1.165, 1.54) is 28.6 Å². The number of piperidine rings is 1. The number of hydrogen-bond donors (Lipinski definition) is 1. The first-order chi connectivity index (χ1) is 15.4. The molecule has 10 heteroatoms. The number of rotatable bonds is 7. The van der Waals surface area contributed by atoms with E-state index in [-0.39, 0.29) is 34.1 Å². The van der Waals surface area contributed by atoms with E-state index in [0.717, 1.165) is 32.1 Å². The molecule has 0 bridgehead atoms. The lowest BCUT2D eigenvalue weighted by molar-refractivity contribution is -0.161. The van der Waals surface area contributed by atoms with Crippen LogP contribution in [0.2, 0.25) is 0 Å². The summed E-state index contributed by atoms with van der Waals surface area (Å²) in [4.78, 5) is 12.2. The van der Waals surface area contributed by atoms with E-state index in [9.17, 15) is 21.6 Å². The van der Waals surface area contributed by atoms with Crippen molar-refractivity contribution in [3.05, 3.63) is 24.3 Å². The molecule has 0 amide bonds. The minimum absolute atomic E-state index is 0.00476. The van der Waals surface area contributed by atoms with E-state index in [1.54, 1.807) is 0 Å². The summed E-state index contributed by atoms with van der Waals surface area (Å²) in [6, 6.07) is 5.57. The molecule has 1 heterocycles. The summed E-state index contributed by atoms with van der Waals surface area (Å²) in [6.45, 7) is 6.72. The summed E-state index contributed by atoms with van der Waals surface area (Å²) in [6.07, 6.45) is 5.44. The summed E-state index contributed by atoms with van der Waals surface area (Å²) in [5.74, 6) is -0.208. The van der Waals surface area contributed by atoms with Gasteiger partial charge in [-0.25, -0.2) is 21.6 Å². The molecule has 8 nitrogen and oxygen atoms in total. The van der Waals surface area contributed by atoms with Crippen molar-refractivity contribution in [3.8, 4) is 0 Å². The number of sulfonamides is 2. The second-order valence-corrected chi connectivity index (χ2v) is 13.7. The van der Waals surface area contributed by atoms with Crippen molar-refractivity contribution in [3.63, 3.8) is 0 Å². The van der Waals surface area contributed by atoms with Gasteiger partial charge in [0, 0.05) is 19.6 Å². The molecule has 0 atom stereocenters. The van der Waals surface area contributed by atoms with Gasteiger partial charge in [-0.1, -0.05) is 12.5 Å². The second-order valence-electron chi connectivity index (χ2n) is 10.0. The quantitative estimate of drug-likeness (QED) is 0.576. The van der Waals surface area contributed by atoms with Crippen LogP contribution in [0.3, 0.4) is 0 Å². The van der Waals surface area contributed by atoms with Crippen LogP contribution in [0.25, 0.3) is 0 Å². The lowest BCUT2D eigenvalue weighted by Gasteiger charge is -2.29. The van der Waals surface area contributed by atoms with E-state index in [2.05, 4.69) is 4.72 Å². The molecule has 1 saturated carbocycles. The first-order valence-electron chi connectivity index (χ1n) is 11.7. The van der Waals surface area contributed by atoms with Gasteiger partial charge < -0.3 is 4.74 Å². The summed E-state index contributed by atoms with van der Waals surface area (Å²) in [5, 5.41) is 0. The highest BCUT2D eigenvalue weighted by Crippen LogP contribution is 2.31. The molecule has 0 unspecified atom stereocenters. The SMILES string of the molecule is CC(C)(C)OC(=O)C1CCC(CNS(=O)(=O)c2cccc(S(=O)(=O)N3CCCCC3)c2)CC1. The van der Waals surface area contributed by atoms with Crippen molar-refractivity contribution in [2.45, 2.75) is 81.1 Å². The molecular formula is C23H36N2O6S2. The van der Waals surface area contributed by atoms with Crippen molar-refractivity contribution in [1.82, 2.24) is 9.03 Å². The first kappa shape index (κ1) is 26.1. The average molecular weight is 501 g/mol. The number of esters is 1. The van der Waals surface area contributed by atoms with E-state index in [1.807, 2.05) is 20.8 Å². The van der Waals surface area contributed by atoms with Gasteiger partial charge in [0.1, 0.15) is 5.60 Å². The van der Waals surface area contributed by atoms with Gasteiger partial charge in [0.2, 0.25) is 20.0 Å². The van der Waals surface area contributed by atoms with Crippen LogP contribution < -0.4 is 4.72 Å². The maximum absolute atomic E-state index is 12.9. The van der Waals surface area contributed by atoms with E-state index >= 15 is 0 Å². The van der Waals surface area contributed by atoms with E-state index in [0.29, 0.717) is 25.9 Å². The Morgan fingerprint density at radius 3 is 2.21 bits per heavy atom. The van der Waals surface area contributed by atoms with Crippen molar-refractivity contribution >= 4 is 26.0 Å². The lowest BCUT2D eigenvalue weighted by Crippen LogP contribution is -2.36. The Morgan fingerprint density at radius 2 is 1.61 bits per heavy atom. The molecule has 1 aliphatic carbocycles. The highest BCUT2D eigenvalue weighted by molar-refractivity contribution is 7.90. The maximum Gasteiger partial charge on any atom is 0.309 e. The monoisotopic (exact) mass is 500 g/mol. The largest absolute Gasteiger partial charge is 0.460 e. The molecule has 0 radical (unpaired) electrons. The number of carbonyl (C=O) groups is 1. The van der Waals surface area contributed by atoms with Gasteiger partial charge in [-0.2, -0.15) is 4.31 Å². The predicted octanol–water partition coefficient (Wildman–Crippen LogP) is 3.29. The molecule has 3 rings (SSSR count). The number of benzene rings is 1. The molecular weight excluding hydrogens is 464 g/mol. The Kier molecular flexibility index (Phi) is 8.24. The number of ether oxygens (including phenoxy) is 1. The van der Waals surface area contributed by atoms with Crippen molar-refractivity contribution in [1.29, 1.82) is 0 Å². The predicted molar refractivity (Wildman–Crippen MR) is 126 cm³/mol. The summed E-state index contributed by atoms with van der Waals surface area (Å²) < 4.78 is 61.1. The fraction of sp³-hybridized carbons (Fsp3) is 0.696. The number of nitrogens with zero attached hydrogens (tertiary/aromatic N) is 1. The summed E-state index contributed by atoms with van der Waals surface area (Å²) in [5.41, 5.74) is -0.514. The first-order valence-corrected chi connectivity index (χ1v) is 14.6. The highest BCUT2D eigenvalue weighted by Gasteiger charge is 2.31. The van der Waals surface area contributed by atoms with Crippen molar-refractivity contribution in [2.24, 2.45) is 11.8 Å². The average Bonchev–Trinajstić information content (AvgIpc) is 2.77. The van der Waals surface area contributed by atoms with Crippen LogP contribution in [0.4, 0.5) is 0 Å². The van der Waals surface area contributed by atoms with Gasteiger partial charge in [0.05, 0.1) is 15.7 Å². The maximum atomic E-state index is 12.9. The fourth-order valence-electron chi connectivity index (χ4n) is 4.35. The molecule has 1 aliphatic heterocycles. The van der Waals surface area contributed by atoms with Crippen LogP contribution in [-0.4, -0.2) is 52.3 Å². The van der Waals surface area contributed by atoms with Crippen LogP contribution in [-0.2, 0) is 29.6 Å². The zero-order chi connectivity index (χ0) is 24.3. The van der Waals surface area contributed by atoms with Crippen LogP contribution in [0.1, 0.15) is 65.7 Å². The van der Waals surface area contributed by atoms with Gasteiger partial charge in [0.25, 0.3) is 0 Å². The normalized spacial score (nSPS) is 23.2. The third-order valence-corrected chi connectivity index (χ3v) is 9.53. The van der Waals surface area contributed by atoms with Crippen molar-refractivity contribution in [2.75, 3.05) is 19.6 Å². The summed E-state index contributed by atoms with van der Waals surface area (Å²) >= 11 is 0. The molecule has 1 saturated heterocycles. The molecule has 1 N–H and O–H groups in total. The lowest BCUT2D eigenvalue weighted by atomic mass is 9.82. The molecule has 0 aromatic heterocycles. The minimum atomic E-state index is -3.85. The zero-order valence-electron chi connectivity index (χ0n) is 19.7. The van der Waals surface area contributed by atoms with E-state index in [4.69, 9.17) is 4.74 Å². The standard InChI is InChI=1S/C23H36N2O6S2/c1-23(2,3)31-22(26)19-12-10-18(11-13-19)17-24-32(27,28)20-8-7-9-21(16-20)33(29,30)25-14-5-4-6-15-25/h7-9,16,18-19,24H,4-6,10-15,17H2,1-3H3. The molecule has 1 aromatic rings. The molecule has 1 aromatic carbocycles. The molecule has 2 aliphatic rings. The van der Waals surface area contributed by atoms with Crippen LogP contribution in [0.15, 0.2) is 34.1 Å². The summed E-state index contributed by atoms with van der Waals surface area (Å²) in [7, 11) is -7.56. The van der Waals surface area contributed by atoms with Crippen LogP contribution >= 0.6 is 0 Å². The Bertz CT molecular complexity index is 1030. The van der Waals surface area contributed by atoms with Gasteiger partial charge in [-0.3, -0.25) is 4.79 Å². The minimum Gasteiger partial charge on any atom is -0.460 e. The Hall–Kier alpha value is -1.49. The molecule has 186 valence electrons. The van der Waals surface area contributed by atoms with Gasteiger partial charge in [-0.05, 0) is 83.4 Å². The Morgan fingerprint density at radius 1 is 1.00 bits per heavy atom. The van der Waals surface area contributed by atoms with Gasteiger partial charge >= 0.3 is 5.97 Å². The number of hydrogen-bond acceptors (Lipinski definition) is 6.